The molecule has 26 heavy (non-hydrogen) atoms. The minimum atomic E-state index is -3.82. The first-order chi connectivity index (χ1) is 12.2. The molecule has 1 unspecified atom stereocenters. The van der Waals surface area contributed by atoms with Gasteiger partial charge in [0, 0.05) is 17.8 Å². The van der Waals surface area contributed by atoms with Gasteiger partial charge in [0.2, 0.25) is 5.88 Å². The maximum atomic E-state index is 13.6. The average Bonchev–Trinajstić information content (AvgIpc) is 2.90. The third-order valence-electron chi connectivity index (χ3n) is 4.15. The fourth-order valence-corrected chi connectivity index (χ4v) is 4.71. The predicted octanol–water partition coefficient (Wildman–Crippen LogP) is 3.06. The van der Waals surface area contributed by atoms with E-state index in [0.29, 0.717) is 5.69 Å². The lowest BCUT2D eigenvalue weighted by molar-refractivity contribution is 0.193. The van der Waals surface area contributed by atoms with Gasteiger partial charge in [-0.3, -0.25) is 9.55 Å². The van der Waals surface area contributed by atoms with Crippen molar-refractivity contribution in [1.82, 2.24) is 15.0 Å². The van der Waals surface area contributed by atoms with Crippen molar-refractivity contribution in [3.05, 3.63) is 40.6 Å². The summed E-state index contributed by atoms with van der Waals surface area (Å²) >= 11 is 0. The molecule has 0 fully saturated rings. The van der Waals surface area contributed by atoms with Crippen molar-refractivity contribution < 1.29 is 18.7 Å². The Morgan fingerprint density at radius 2 is 1.81 bits per heavy atom. The minimum absolute atomic E-state index is 0.121. The second-order valence-electron chi connectivity index (χ2n) is 6.17. The molecular formula is C17H27N4O4P. The molecule has 0 aliphatic heterocycles. The number of hydrogen-bond donors (Lipinski definition) is 3. The van der Waals surface area contributed by atoms with Gasteiger partial charge in [-0.15, -0.1) is 0 Å². The van der Waals surface area contributed by atoms with Crippen molar-refractivity contribution in [1.29, 1.82) is 0 Å². The Kier molecular flexibility index (Phi) is 6.24. The number of aromatic amines is 1. The van der Waals surface area contributed by atoms with Crippen LogP contribution in [0.3, 0.4) is 0 Å². The number of hydrogen-bond acceptors (Lipinski definition) is 7. The van der Waals surface area contributed by atoms with E-state index in [9.17, 15) is 9.67 Å². The fraction of sp³-hybridized carbons (Fsp3) is 0.529. The maximum Gasteiger partial charge on any atom is 0.358 e. The molecule has 2 aromatic rings. The van der Waals surface area contributed by atoms with Crippen LogP contribution in [0.5, 0.6) is 5.88 Å². The summed E-state index contributed by atoms with van der Waals surface area (Å²) in [6, 6.07) is 3.75. The quantitative estimate of drug-likeness (QED) is 0.600. The minimum Gasteiger partial charge on any atom is -0.492 e. The van der Waals surface area contributed by atoms with Crippen LogP contribution in [0.1, 0.15) is 42.3 Å². The summed E-state index contributed by atoms with van der Waals surface area (Å²) in [6.45, 7) is 9.16. The third kappa shape index (κ3) is 3.83. The highest BCUT2D eigenvalue weighted by Crippen LogP contribution is 2.63. The van der Waals surface area contributed by atoms with Crippen LogP contribution in [0.2, 0.25) is 0 Å². The molecule has 0 spiro atoms. The average molecular weight is 382 g/mol. The monoisotopic (exact) mass is 382 g/mol. The molecule has 4 N–H and O–H groups in total. The molecule has 0 bridgehead atoms. The smallest absolute Gasteiger partial charge is 0.358 e. The van der Waals surface area contributed by atoms with Crippen molar-refractivity contribution >= 4 is 7.60 Å². The van der Waals surface area contributed by atoms with E-state index < -0.39 is 12.9 Å². The van der Waals surface area contributed by atoms with Crippen LogP contribution in [0.15, 0.2) is 12.1 Å². The molecule has 0 aromatic carbocycles. The maximum absolute atomic E-state index is 13.6. The Balaban J connectivity index is 2.62. The molecular weight excluding hydrogens is 355 g/mol. The zero-order chi connectivity index (χ0) is 19.5. The van der Waals surface area contributed by atoms with Crippen LogP contribution in [-0.2, 0) is 25.3 Å². The standard InChI is InChI=1S/C17H27N4O4P/c1-6-24-26(23,25-7-2)17(18,16-20-13(5)15(22)21-16)10-14-9-8-11(3)19-12(14)4/h8-9,22H,6-7,10,18H2,1-5H3,(H,20,21). The summed E-state index contributed by atoms with van der Waals surface area (Å²) < 4.78 is 24.6. The summed E-state index contributed by atoms with van der Waals surface area (Å²) in [4.78, 5) is 11.4. The number of aryl methyl sites for hydroxylation is 3. The highest BCUT2D eigenvalue weighted by atomic mass is 31.2. The van der Waals surface area contributed by atoms with Crippen molar-refractivity contribution in [2.75, 3.05) is 13.2 Å². The number of aromatic hydroxyl groups is 1. The Labute approximate surface area is 153 Å². The molecule has 2 aromatic heterocycles. The molecule has 1 atom stereocenters. The fourth-order valence-electron chi connectivity index (χ4n) is 2.77. The lowest BCUT2D eigenvalue weighted by atomic mass is 10.0. The molecule has 144 valence electrons. The second kappa shape index (κ2) is 7.88. The van der Waals surface area contributed by atoms with Crippen LogP contribution in [0, 0.1) is 20.8 Å². The Morgan fingerprint density at radius 3 is 2.27 bits per heavy atom. The van der Waals surface area contributed by atoms with Crippen molar-refractivity contribution in [2.45, 2.75) is 46.3 Å². The largest absolute Gasteiger partial charge is 0.492 e. The first-order valence-corrected chi connectivity index (χ1v) is 10.1. The van der Waals surface area contributed by atoms with Gasteiger partial charge in [-0.05, 0) is 46.2 Å². The van der Waals surface area contributed by atoms with Gasteiger partial charge in [0.15, 0.2) is 5.28 Å². The van der Waals surface area contributed by atoms with E-state index in [0.717, 1.165) is 17.0 Å². The van der Waals surface area contributed by atoms with Gasteiger partial charge in [0.1, 0.15) is 5.82 Å². The Hall–Kier alpha value is -1.73. The number of nitrogens with two attached hydrogens (primary N) is 1. The van der Waals surface area contributed by atoms with Gasteiger partial charge >= 0.3 is 7.60 Å². The predicted molar refractivity (Wildman–Crippen MR) is 99.1 cm³/mol. The molecule has 0 aliphatic rings. The molecule has 8 nitrogen and oxygen atoms in total. The first kappa shape index (κ1) is 20.6. The lowest BCUT2D eigenvalue weighted by Crippen LogP contribution is -2.41. The van der Waals surface area contributed by atoms with Crippen LogP contribution in [0.4, 0.5) is 0 Å². The second-order valence-corrected chi connectivity index (χ2v) is 8.47. The zero-order valence-electron chi connectivity index (χ0n) is 15.9. The van der Waals surface area contributed by atoms with Gasteiger partial charge < -0.3 is 24.9 Å². The summed E-state index contributed by atoms with van der Waals surface area (Å²) in [5, 5.41) is 8.30. The number of rotatable bonds is 8. The van der Waals surface area contributed by atoms with E-state index >= 15 is 0 Å². The summed E-state index contributed by atoms with van der Waals surface area (Å²) in [6.07, 6.45) is 0.121. The number of nitrogens with zero attached hydrogens (tertiary/aromatic N) is 2. The topological polar surface area (TPSA) is 123 Å². The number of pyridine rings is 1. The SMILES string of the molecule is CCOP(=O)(OCC)C(N)(Cc1ccc(C)nc1C)c1nc(O)c(C)[nH]1. The van der Waals surface area contributed by atoms with Gasteiger partial charge in [-0.25, -0.2) is 0 Å². The van der Waals surface area contributed by atoms with E-state index in [4.69, 9.17) is 14.8 Å². The molecule has 0 radical (unpaired) electrons. The van der Waals surface area contributed by atoms with E-state index in [2.05, 4.69) is 15.0 Å². The van der Waals surface area contributed by atoms with E-state index in [-0.39, 0.29) is 31.3 Å². The molecule has 0 aliphatic carbocycles. The van der Waals surface area contributed by atoms with Crippen molar-refractivity contribution in [3.63, 3.8) is 0 Å². The number of nitrogens with one attached hydrogen (secondary N) is 1. The third-order valence-corrected chi connectivity index (χ3v) is 6.69. The van der Waals surface area contributed by atoms with E-state index in [1.165, 1.54) is 0 Å². The van der Waals surface area contributed by atoms with Gasteiger partial charge in [-0.2, -0.15) is 4.98 Å². The van der Waals surface area contributed by atoms with Crippen LogP contribution in [0.25, 0.3) is 0 Å². The number of imidazole rings is 1. The first-order valence-electron chi connectivity index (χ1n) is 8.54. The summed E-state index contributed by atoms with van der Waals surface area (Å²) in [5.74, 6) is -0.0502. The lowest BCUT2D eigenvalue weighted by Gasteiger charge is -2.34. The number of H-pyrrole nitrogens is 1. The molecule has 9 heteroatoms. The molecule has 0 saturated carbocycles. The molecule has 0 saturated heterocycles. The van der Waals surface area contributed by atoms with Crippen LogP contribution in [-0.4, -0.2) is 33.3 Å². The zero-order valence-corrected chi connectivity index (χ0v) is 16.8. The Bertz CT molecular complexity index is 794. The highest BCUT2D eigenvalue weighted by Gasteiger charge is 2.52. The summed E-state index contributed by atoms with van der Waals surface area (Å²) in [7, 11) is -3.82. The summed E-state index contributed by atoms with van der Waals surface area (Å²) in [5.41, 5.74) is 9.51. The van der Waals surface area contributed by atoms with E-state index in [1.54, 1.807) is 20.8 Å². The number of aromatic nitrogens is 3. The van der Waals surface area contributed by atoms with E-state index in [1.807, 2.05) is 26.0 Å². The molecule has 2 heterocycles. The Morgan fingerprint density at radius 1 is 1.19 bits per heavy atom. The van der Waals surface area contributed by atoms with Gasteiger partial charge in [-0.1, -0.05) is 6.07 Å². The van der Waals surface area contributed by atoms with Crippen molar-refractivity contribution in [3.8, 4) is 5.88 Å². The van der Waals surface area contributed by atoms with Crippen molar-refractivity contribution in [2.24, 2.45) is 5.73 Å². The van der Waals surface area contributed by atoms with Gasteiger partial charge in [0.05, 0.1) is 18.9 Å². The molecule has 2 rings (SSSR count). The highest BCUT2D eigenvalue weighted by molar-refractivity contribution is 7.55. The normalized spacial score (nSPS) is 14.4. The van der Waals surface area contributed by atoms with Gasteiger partial charge in [0.25, 0.3) is 0 Å². The van der Waals surface area contributed by atoms with Crippen LogP contribution < -0.4 is 5.73 Å². The molecule has 0 amide bonds. The van der Waals surface area contributed by atoms with Crippen LogP contribution >= 0.6 is 7.60 Å².